The molecule has 0 radical (unpaired) electrons. The number of unbranched alkanes of at least 4 members (excludes halogenated alkanes) is 4. The summed E-state index contributed by atoms with van der Waals surface area (Å²) in [6.45, 7) is 13.1. The second-order valence-electron chi connectivity index (χ2n) is 9.88. The normalized spacial score (nSPS) is 9.80. The summed E-state index contributed by atoms with van der Waals surface area (Å²) in [5.74, 6) is 6.87. The van der Waals surface area contributed by atoms with Gasteiger partial charge >= 0.3 is 0 Å². The molecule has 0 spiro atoms. The maximum absolute atomic E-state index is 10.3. The number of aliphatic hydroxyl groups excluding tert-OH is 1. The Morgan fingerprint density at radius 2 is 1.34 bits per heavy atom. The minimum Gasteiger partial charge on any atom is -0.507 e. The van der Waals surface area contributed by atoms with Gasteiger partial charge in [-0.3, -0.25) is 0 Å². The predicted octanol–water partition coefficient (Wildman–Crippen LogP) is 8.20. The van der Waals surface area contributed by atoms with Gasteiger partial charge in [-0.15, -0.1) is 0 Å². The highest BCUT2D eigenvalue weighted by Gasteiger charge is 2.10. The van der Waals surface area contributed by atoms with Gasteiger partial charge in [-0.1, -0.05) is 95.2 Å². The monoisotopic (exact) mass is 556 g/mol. The molecule has 0 atom stereocenters. The fourth-order valence-corrected chi connectivity index (χ4v) is 4.12. The van der Waals surface area contributed by atoms with Gasteiger partial charge in [0.15, 0.2) is 0 Å². The van der Waals surface area contributed by atoms with E-state index in [1.165, 1.54) is 43.2 Å². The van der Waals surface area contributed by atoms with Crippen molar-refractivity contribution in [3.05, 3.63) is 101 Å². The zero-order valence-electron chi connectivity index (χ0n) is 26.0. The van der Waals surface area contributed by atoms with Gasteiger partial charge in [0.05, 0.1) is 0 Å². The summed E-state index contributed by atoms with van der Waals surface area (Å²) in [6, 6.07) is 23.0. The summed E-state index contributed by atoms with van der Waals surface area (Å²) >= 11 is 0. The first-order valence-corrected chi connectivity index (χ1v) is 15.0. The van der Waals surface area contributed by atoms with Crippen LogP contribution in [0.2, 0.25) is 0 Å². The molecule has 0 aromatic heterocycles. The largest absolute Gasteiger partial charge is 0.507 e. The number of rotatable bonds is 13. The van der Waals surface area contributed by atoms with Crippen LogP contribution < -0.4 is 10.2 Å². The summed E-state index contributed by atoms with van der Waals surface area (Å²) < 4.78 is 0. The number of aryl methyl sites for hydroxylation is 1. The van der Waals surface area contributed by atoms with Crippen molar-refractivity contribution in [2.45, 2.75) is 72.3 Å². The minimum atomic E-state index is 0.278. The first-order valence-electron chi connectivity index (χ1n) is 15.0. The van der Waals surface area contributed by atoms with E-state index in [9.17, 15) is 5.11 Å². The first kappa shape index (κ1) is 35.5. The van der Waals surface area contributed by atoms with Crippen LogP contribution in [-0.4, -0.2) is 37.5 Å². The number of aliphatic hydroxyl groups is 1. The van der Waals surface area contributed by atoms with Crippen LogP contribution in [0.4, 0.5) is 5.69 Å². The molecule has 3 rings (SSSR count). The summed E-state index contributed by atoms with van der Waals surface area (Å²) in [6.07, 6.45) is 10.1. The third kappa shape index (κ3) is 14.1. The number of nitrogens with zero attached hydrogens (tertiary/aromatic N) is 1. The van der Waals surface area contributed by atoms with E-state index in [0.717, 1.165) is 62.0 Å². The lowest BCUT2D eigenvalue weighted by Crippen LogP contribution is -2.24. The maximum Gasteiger partial charge on any atom is 0.124 e. The van der Waals surface area contributed by atoms with Crippen LogP contribution in [0.15, 0.2) is 73.3 Å². The van der Waals surface area contributed by atoms with Crippen LogP contribution in [0.1, 0.15) is 87.1 Å². The number of nitrogens with one attached hydrogen (secondary N) is 1. The molecule has 0 bridgehead atoms. The number of hydrogen-bond acceptors (Lipinski definition) is 4. The van der Waals surface area contributed by atoms with E-state index in [1.54, 1.807) is 6.08 Å². The number of phenols is 1. The van der Waals surface area contributed by atoms with Crippen molar-refractivity contribution in [1.29, 1.82) is 0 Å². The number of anilines is 1. The molecular weight excluding hydrogens is 504 g/mol. The number of phenolic OH excluding ortho intramolecular Hbond substituents is 1. The molecule has 0 unspecified atom stereocenters. The van der Waals surface area contributed by atoms with Gasteiger partial charge in [0, 0.05) is 48.6 Å². The van der Waals surface area contributed by atoms with Crippen LogP contribution in [0.3, 0.4) is 0 Å². The summed E-state index contributed by atoms with van der Waals surface area (Å²) in [5, 5.41) is 20.3. The Morgan fingerprint density at radius 3 is 1.83 bits per heavy atom. The molecule has 4 heteroatoms. The highest BCUT2D eigenvalue weighted by atomic mass is 16.3. The van der Waals surface area contributed by atoms with E-state index < -0.39 is 0 Å². The highest BCUT2D eigenvalue weighted by molar-refractivity contribution is 5.62. The first-order chi connectivity index (χ1) is 20.0. The molecule has 0 aliphatic heterocycles. The molecule has 3 aromatic carbocycles. The predicted molar refractivity (Wildman–Crippen MR) is 179 cm³/mol. The Balaban J connectivity index is 0.00000129. The van der Waals surface area contributed by atoms with Gasteiger partial charge in [-0.05, 0) is 80.4 Å². The number of aromatic hydroxyl groups is 1. The molecule has 4 nitrogen and oxygen atoms in total. The zero-order valence-corrected chi connectivity index (χ0v) is 26.0. The van der Waals surface area contributed by atoms with Crippen molar-refractivity contribution < 1.29 is 10.2 Å². The van der Waals surface area contributed by atoms with Crippen molar-refractivity contribution >= 4 is 11.8 Å². The van der Waals surface area contributed by atoms with Gasteiger partial charge in [0.2, 0.25) is 0 Å². The molecule has 3 aromatic rings. The van der Waals surface area contributed by atoms with Gasteiger partial charge in [0.25, 0.3) is 0 Å². The quantitative estimate of drug-likeness (QED) is 0.147. The Hall–Kier alpha value is -3.52. The average molecular weight is 557 g/mol. The Bertz CT molecular complexity index is 1160. The zero-order chi connectivity index (χ0) is 30.3. The van der Waals surface area contributed by atoms with E-state index in [2.05, 4.69) is 104 Å². The topological polar surface area (TPSA) is 55.7 Å². The molecule has 0 amide bonds. The molecule has 3 N–H and O–H groups in total. The van der Waals surface area contributed by atoms with Gasteiger partial charge in [-0.25, -0.2) is 0 Å². The number of benzene rings is 3. The van der Waals surface area contributed by atoms with Crippen molar-refractivity contribution in [3.63, 3.8) is 0 Å². The number of hydrogen-bond donors (Lipinski definition) is 3. The molecule has 0 saturated carbocycles. The SMILES string of the molecule is C=Cc1ccc(N(CCCCCC)Cc2ccc(C#Cc3ccc(CCCC)cc3)cc2)cc1O.CCNC.CO. The fourth-order valence-electron chi connectivity index (χ4n) is 4.12. The van der Waals surface area contributed by atoms with Crippen molar-refractivity contribution in [2.24, 2.45) is 0 Å². The highest BCUT2D eigenvalue weighted by Crippen LogP contribution is 2.27. The van der Waals surface area contributed by atoms with E-state index in [-0.39, 0.29) is 5.75 Å². The molecular formula is C37H52N2O2. The van der Waals surface area contributed by atoms with Gasteiger partial charge in [-0.2, -0.15) is 0 Å². The molecule has 0 aliphatic rings. The lowest BCUT2D eigenvalue weighted by Gasteiger charge is -2.25. The maximum atomic E-state index is 10.3. The third-order valence-corrected chi connectivity index (χ3v) is 6.69. The standard InChI is InChI=1S/C33H39NO.C3H9N.CH4O/c1-4-7-9-10-24-34(32-23-22-31(6-3)33(35)25-32)26-30-20-18-29(19-21-30)17-16-28-14-12-27(13-15-28)11-8-5-2;1-3-4-2;1-2/h6,12-15,18-23,25,35H,3-5,7-11,24,26H2,1-2H3;4H,3H2,1-2H3;2H,1H3. The summed E-state index contributed by atoms with van der Waals surface area (Å²) in [7, 11) is 2.93. The molecule has 0 saturated heterocycles. The molecule has 0 fully saturated rings. The molecule has 222 valence electrons. The van der Waals surface area contributed by atoms with Crippen molar-refractivity contribution in [2.75, 3.05) is 32.1 Å². The van der Waals surface area contributed by atoms with Gasteiger partial charge in [0.1, 0.15) is 5.75 Å². The molecule has 0 aliphatic carbocycles. The van der Waals surface area contributed by atoms with E-state index in [1.807, 2.05) is 19.2 Å². The average Bonchev–Trinajstić information content (AvgIpc) is 3.02. The van der Waals surface area contributed by atoms with Crippen molar-refractivity contribution in [1.82, 2.24) is 5.32 Å². The van der Waals surface area contributed by atoms with Crippen LogP contribution in [-0.2, 0) is 13.0 Å². The van der Waals surface area contributed by atoms with E-state index in [4.69, 9.17) is 5.11 Å². The lowest BCUT2D eigenvalue weighted by atomic mass is 10.1. The lowest BCUT2D eigenvalue weighted by molar-refractivity contribution is 0.399. The smallest absolute Gasteiger partial charge is 0.124 e. The van der Waals surface area contributed by atoms with Crippen LogP contribution in [0.25, 0.3) is 6.08 Å². The van der Waals surface area contributed by atoms with E-state index >= 15 is 0 Å². The summed E-state index contributed by atoms with van der Waals surface area (Å²) in [5.41, 5.74) is 6.49. The Morgan fingerprint density at radius 1 is 0.780 bits per heavy atom. The minimum absolute atomic E-state index is 0.278. The van der Waals surface area contributed by atoms with Crippen LogP contribution >= 0.6 is 0 Å². The second-order valence-corrected chi connectivity index (χ2v) is 9.88. The fraction of sp³-hybridized carbons (Fsp3) is 0.405. The van der Waals surface area contributed by atoms with Crippen molar-refractivity contribution in [3.8, 4) is 17.6 Å². The van der Waals surface area contributed by atoms with Gasteiger partial charge < -0.3 is 20.4 Å². The Labute approximate surface area is 250 Å². The van der Waals surface area contributed by atoms with Crippen LogP contribution in [0, 0.1) is 11.8 Å². The third-order valence-electron chi connectivity index (χ3n) is 6.69. The second kappa shape index (κ2) is 22.2. The summed E-state index contributed by atoms with van der Waals surface area (Å²) in [4.78, 5) is 2.35. The molecule has 41 heavy (non-hydrogen) atoms. The van der Waals surface area contributed by atoms with Crippen LogP contribution in [0.5, 0.6) is 5.75 Å². The molecule has 0 heterocycles. The van der Waals surface area contributed by atoms with E-state index in [0.29, 0.717) is 0 Å². The Kier molecular flexibility index (Phi) is 19.2.